The number of benzene rings is 3. The Balaban J connectivity index is 1.51. The molecular weight excluding hydrogens is 506 g/mol. The summed E-state index contributed by atoms with van der Waals surface area (Å²) in [6.45, 7) is 0. The summed E-state index contributed by atoms with van der Waals surface area (Å²) in [5, 5.41) is 0. The first-order valence-electron chi connectivity index (χ1n) is 10.9. The Morgan fingerprint density at radius 1 is 0.886 bits per heavy atom. The van der Waals surface area contributed by atoms with Crippen molar-refractivity contribution in [3.8, 4) is 11.3 Å². The molecule has 0 aliphatic carbocycles. The van der Waals surface area contributed by atoms with Gasteiger partial charge in [-0.2, -0.15) is 0 Å². The van der Waals surface area contributed by atoms with Crippen molar-refractivity contribution in [2.45, 2.75) is 0 Å². The number of esters is 1. The molecule has 1 aliphatic heterocycles. The van der Waals surface area contributed by atoms with E-state index in [1.165, 1.54) is 7.11 Å². The van der Waals surface area contributed by atoms with Gasteiger partial charge in [0.2, 0.25) is 0 Å². The number of carbonyl (C=O) groups excluding carboxylic acids is 2. The van der Waals surface area contributed by atoms with Crippen molar-refractivity contribution in [1.29, 1.82) is 0 Å². The van der Waals surface area contributed by atoms with Crippen molar-refractivity contribution in [2.75, 3.05) is 12.0 Å². The summed E-state index contributed by atoms with van der Waals surface area (Å²) in [6.07, 6.45) is 3.60. The molecule has 0 radical (unpaired) electrons. The third-order valence-corrected chi connectivity index (χ3v) is 6.18. The summed E-state index contributed by atoms with van der Waals surface area (Å²) in [6, 6.07) is 28.0. The molecule has 0 atom stereocenters. The lowest BCUT2D eigenvalue weighted by molar-refractivity contribution is -0.113. The van der Waals surface area contributed by atoms with E-state index < -0.39 is 5.97 Å². The topological polar surface area (TPSA) is 59.8 Å². The summed E-state index contributed by atoms with van der Waals surface area (Å²) < 4.78 is 11.8. The minimum Gasteiger partial charge on any atom is -0.465 e. The molecule has 0 fully saturated rings. The fourth-order valence-corrected chi connectivity index (χ4v) is 4.17. The number of hydrogen-bond donors (Lipinski definition) is 0. The molecule has 1 aromatic heterocycles. The smallest absolute Gasteiger partial charge is 0.337 e. The Morgan fingerprint density at radius 3 is 2.29 bits per heavy atom. The first-order chi connectivity index (χ1) is 17.0. The van der Waals surface area contributed by atoms with Crippen LogP contribution < -0.4 is 4.90 Å². The van der Waals surface area contributed by atoms with Crippen molar-refractivity contribution in [3.63, 3.8) is 0 Å². The predicted octanol–water partition coefficient (Wildman–Crippen LogP) is 6.97. The first kappa shape index (κ1) is 22.6. The fraction of sp³-hybridized carbons (Fsp3) is 0.0345. The monoisotopic (exact) mass is 525 g/mol. The molecule has 3 aromatic carbocycles. The van der Waals surface area contributed by atoms with Gasteiger partial charge in [0, 0.05) is 21.3 Å². The van der Waals surface area contributed by atoms with E-state index in [2.05, 4.69) is 15.9 Å². The molecule has 0 unspecified atom stereocenters. The van der Waals surface area contributed by atoms with E-state index in [1.807, 2.05) is 72.8 Å². The van der Waals surface area contributed by atoms with Crippen molar-refractivity contribution in [2.24, 2.45) is 0 Å². The number of hydrogen-bond acceptors (Lipinski definition) is 4. The molecule has 4 aromatic rings. The summed E-state index contributed by atoms with van der Waals surface area (Å²) in [4.78, 5) is 27.0. The lowest BCUT2D eigenvalue weighted by Crippen LogP contribution is -2.25. The highest BCUT2D eigenvalue weighted by molar-refractivity contribution is 9.10. The van der Waals surface area contributed by atoms with Gasteiger partial charge in [0.15, 0.2) is 0 Å². The summed E-state index contributed by atoms with van der Waals surface area (Å²) in [7, 11) is 1.34. The Kier molecular flexibility index (Phi) is 6.21. The van der Waals surface area contributed by atoms with Crippen LogP contribution in [0.5, 0.6) is 0 Å². The van der Waals surface area contributed by atoms with Crippen molar-refractivity contribution in [3.05, 3.63) is 124 Å². The van der Waals surface area contributed by atoms with Crippen LogP contribution in [0.3, 0.4) is 0 Å². The third kappa shape index (κ3) is 4.61. The molecule has 0 bridgehead atoms. The zero-order chi connectivity index (χ0) is 24.4. The summed E-state index contributed by atoms with van der Waals surface area (Å²) in [5.74, 6) is 0.689. The molecule has 0 saturated carbocycles. The van der Waals surface area contributed by atoms with E-state index in [1.54, 1.807) is 35.2 Å². The van der Waals surface area contributed by atoms with Crippen LogP contribution in [-0.4, -0.2) is 19.0 Å². The zero-order valence-electron chi connectivity index (χ0n) is 18.8. The Labute approximate surface area is 211 Å². The van der Waals surface area contributed by atoms with Crippen LogP contribution >= 0.6 is 15.9 Å². The second kappa shape index (κ2) is 9.60. The largest absolute Gasteiger partial charge is 0.465 e. The molecule has 0 spiro atoms. The molecule has 172 valence electrons. The molecule has 0 N–H and O–H groups in total. The molecule has 6 heteroatoms. The molecule has 2 heterocycles. The van der Waals surface area contributed by atoms with E-state index >= 15 is 0 Å². The summed E-state index contributed by atoms with van der Waals surface area (Å²) in [5.41, 5.74) is 4.15. The van der Waals surface area contributed by atoms with E-state index in [-0.39, 0.29) is 5.91 Å². The highest BCUT2D eigenvalue weighted by Crippen LogP contribution is 2.36. The fourth-order valence-electron chi connectivity index (χ4n) is 3.91. The number of anilines is 1. The second-order valence-electron chi connectivity index (χ2n) is 7.88. The van der Waals surface area contributed by atoms with Gasteiger partial charge in [-0.15, -0.1) is 0 Å². The molecule has 0 saturated heterocycles. The Hall–Kier alpha value is -4.16. The number of methoxy groups -OCH3 is 1. The Morgan fingerprint density at radius 2 is 1.60 bits per heavy atom. The van der Waals surface area contributed by atoms with Gasteiger partial charge in [-0.1, -0.05) is 58.4 Å². The average Bonchev–Trinajstić information content (AvgIpc) is 3.49. The van der Waals surface area contributed by atoms with E-state index in [4.69, 9.17) is 9.15 Å². The van der Waals surface area contributed by atoms with Gasteiger partial charge in [0.25, 0.3) is 5.91 Å². The number of rotatable bonds is 5. The quantitative estimate of drug-likeness (QED) is 0.208. The first-order valence-corrected chi connectivity index (χ1v) is 11.7. The van der Waals surface area contributed by atoms with Gasteiger partial charge in [-0.05, 0) is 66.2 Å². The zero-order valence-corrected chi connectivity index (χ0v) is 20.4. The van der Waals surface area contributed by atoms with Crippen LogP contribution in [0.25, 0.3) is 23.1 Å². The van der Waals surface area contributed by atoms with E-state index in [9.17, 15) is 9.59 Å². The van der Waals surface area contributed by atoms with Gasteiger partial charge in [-0.25, -0.2) is 4.79 Å². The lowest BCUT2D eigenvalue weighted by Gasteiger charge is -2.21. The maximum atomic E-state index is 13.6. The van der Waals surface area contributed by atoms with Crippen LogP contribution in [-0.2, 0) is 9.53 Å². The van der Waals surface area contributed by atoms with Crippen LogP contribution in [0.1, 0.15) is 21.7 Å². The normalized spacial score (nSPS) is 14.3. The number of nitrogens with zero attached hydrogens (tertiary/aromatic N) is 1. The number of furan rings is 1. The second-order valence-corrected chi connectivity index (χ2v) is 8.80. The molecule has 35 heavy (non-hydrogen) atoms. The van der Waals surface area contributed by atoms with Gasteiger partial charge < -0.3 is 9.15 Å². The molecule has 5 nitrogen and oxygen atoms in total. The number of amides is 1. The predicted molar refractivity (Wildman–Crippen MR) is 140 cm³/mol. The van der Waals surface area contributed by atoms with Crippen LogP contribution in [0, 0.1) is 0 Å². The van der Waals surface area contributed by atoms with Crippen molar-refractivity contribution in [1.82, 2.24) is 0 Å². The molecule has 1 aliphatic rings. The van der Waals surface area contributed by atoms with Gasteiger partial charge in [0.05, 0.1) is 18.4 Å². The van der Waals surface area contributed by atoms with E-state index in [0.29, 0.717) is 22.6 Å². The van der Waals surface area contributed by atoms with Crippen molar-refractivity contribution < 1.29 is 18.7 Å². The third-order valence-electron chi connectivity index (χ3n) is 5.65. The lowest BCUT2D eigenvalue weighted by atomic mass is 10.1. The number of ether oxygens (including phenoxy) is 1. The maximum Gasteiger partial charge on any atom is 0.337 e. The van der Waals surface area contributed by atoms with Crippen molar-refractivity contribution >= 4 is 45.3 Å². The highest BCUT2D eigenvalue weighted by atomic mass is 79.9. The number of carbonyl (C=O) groups is 2. The molecule has 1 amide bonds. The number of halogens is 1. The minimum absolute atomic E-state index is 0.184. The maximum absolute atomic E-state index is 13.6. The standard InChI is InChI=1S/C29H20BrNO4/c1-34-29(33)21-9-13-24(14-10-21)31-26(19-5-3-2-4-6-19)18-22(28(31)32)17-25-15-16-27(35-25)20-7-11-23(30)12-8-20/h2-18H,1H3. The van der Waals surface area contributed by atoms with Crippen LogP contribution in [0.4, 0.5) is 5.69 Å². The Bertz CT molecular complexity index is 1450. The van der Waals surface area contributed by atoms with E-state index in [0.717, 1.165) is 27.1 Å². The summed E-state index contributed by atoms with van der Waals surface area (Å²) >= 11 is 3.44. The van der Waals surface area contributed by atoms with Gasteiger partial charge >= 0.3 is 5.97 Å². The highest BCUT2D eigenvalue weighted by Gasteiger charge is 2.30. The minimum atomic E-state index is -0.428. The molecular formula is C29H20BrNO4. The van der Waals surface area contributed by atoms with Crippen LogP contribution in [0.15, 0.2) is 112 Å². The van der Waals surface area contributed by atoms with Gasteiger partial charge in [-0.3, -0.25) is 9.69 Å². The van der Waals surface area contributed by atoms with Gasteiger partial charge in [0.1, 0.15) is 11.5 Å². The molecule has 5 rings (SSSR count). The SMILES string of the molecule is COC(=O)c1ccc(N2C(=O)C(=Cc3ccc(-c4ccc(Br)cc4)o3)C=C2c2ccccc2)cc1. The van der Waals surface area contributed by atoms with Crippen LogP contribution in [0.2, 0.25) is 0 Å². The average molecular weight is 526 g/mol.